The number of hydrogen-bond donors (Lipinski definition) is 0. The highest BCUT2D eigenvalue weighted by atomic mass is 16.6. The van der Waals surface area contributed by atoms with Gasteiger partial charge in [-0.05, 0) is 70.0 Å². The molecule has 44 heavy (non-hydrogen) atoms. The number of aromatic nitrogens is 4. The second kappa shape index (κ2) is 13.3. The van der Waals surface area contributed by atoms with Crippen molar-refractivity contribution in [1.82, 2.24) is 29.5 Å². The van der Waals surface area contributed by atoms with E-state index in [2.05, 4.69) is 20.0 Å². The molecule has 1 fully saturated rings. The van der Waals surface area contributed by atoms with Crippen molar-refractivity contribution in [3.63, 3.8) is 0 Å². The topological polar surface area (TPSA) is 106 Å². The zero-order valence-electron chi connectivity index (χ0n) is 26.2. The molecule has 232 valence electrons. The molecule has 0 atom stereocenters. The lowest BCUT2D eigenvalue weighted by Gasteiger charge is -2.35. The van der Waals surface area contributed by atoms with Crippen LogP contribution >= 0.6 is 0 Å². The zero-order chi connectivity index (χ0) is 31.3. The Balaban J connectivity index is 1.20. The van der Waals surface area contributed by atoms with Gasteiger partial charge in [0.25, 0.3) is 5.91 Å². The van der Waals surface area contributed by atoms with E-state index in [9.17, 15) is 9.59 Å². The Hall–Kier alpha value is -4.67. The van der Waals surface area contributed by atoms with Crippen LogP contribution in [0.4, 0.5) is 10.6 Å². The largest absolute Gasteiger partial charge is 0.494 e. The Morgan fingerprint density at radius 2 is 1.70 bits per heavy atom. The Labute approximate surface area is 258 Å². The number of carbonyl (C=O) groups is 2. The number of ether oxygens (including phenoxy) is 2. The number of hydrogen-bond acceptors (Lipinski definition) is 8. The first-order valence-corrected chi connectivity index (χ1v) is 15.1. The van der Waals surface area contributed by atoms with Gasteiger partial charge in [-0.15, -0.1) is 0 Å². The number of nitrogens with zero attached hydrogens (tertiary/aromatic N) is 7. The van der Waals surface area contributed by atoms with Crippen molar-refractivity contribution in [3.05, 3.63) is 77.7 Å². The average molecular weight is 600 g/mol. The minimum Gasteiger partial charge on any atom is -0.494 e. The molecule has 0 unspecified atom stereocenters. The fraction of sp³-hybridized carbons (Fsp3) is 0.424. The van der Waals surface area contributed by atoms with Gasteiger partial charge in [0.05, 0.1) is 24.7 Å². The van der Waals surface area contributed by atoms with Crippen LogP contribution in [0.5, 0.6) is 5.75 Å². The van der Waals surface area contributed by atoms with Gasteiger partial charge in [0.1, 0.15) is 23.5 Å². The standard InChI is InChI=1S/C33H41N7O4/c1-6-37(32(42)44-33(3,4)5)21-24-11-13-26(14-12-24)31(41)39-17-15-38(16-18-39)29-28-20-36-40(30(28)35-23-34-29)22-25-9-8-10-27(19-25)43-7-2/h8-14,19-20,23H,6-7,15-18,21-22H2,1-5H3. The fourth-order valence-electron chi connectivity index (χ4n) is 5.23. The third kappa shape index (κ3) is 7.27. The summed E-state index contributed by atoms with van der Waals surface area (Å²) in [4.78, 5) is 40.7. The maximum Gasteiger partial charge on any atom is 0.410 e. The van der Waals surface area contributed by atoms with Gasteiger partial charge < -0.3 is 24.2 Å². The Morgan fingerprint density at radius 3 is 2.39 bits per heavy atom. The molecule has 2 amide bonds. The summed E-state index contributed by atoms with van der Waals surface area (Å²) in [5.41, 5.74) is 2.86. The molecule has 5 rings (SSSR count). The van der Waals surface area contributed by atoms with Crippen molar-refractivity contribution in [1.29, 1.82) is 0 Å². The number of fused-ring (bicyclic) bond motifs is 1. The van der Waals surface area contributed by atoms with Crippen LogP contribution in [0.2, 0.25) is 0 Å². The smallest absolute Gasteiger partial charge is 0.410 e. The molecule has 0 N–H and O–H groups in total. The average Bonchev–Trinajstić information content (AvgIpc) is 3.42. The number of piperazine rings is 1. The highest BCUT2D eigenvalue weighted by Crippen LogP contribution is 2.25. The summed E-state index contributed by atoms with van der Waals surface area (Å²) in [7, 11) is 0. The van der Waals surface area contributed by atoms with Crippen LogP contribution in [0.1, 0.15) is 56.1 Å². The lowest BCUT2D eigenvalue weighted by atomic mass is 10.1. The van der Waals surface area contributed by atoms with E-state index in [1.54, 1.807) is 11.2 Å². The Bertz CT molecular complexity index is 1590. The SMILES string of the molecule is CCOc1cccc(Cn2ncc3c(N4CCN(C(=O)c5ccc(CN(CC)C(=O)OC(C)(C)C)cc5)CC4)ncnc32)c1. The predicted molar refractivity (Wildman–Crippen MR) is 169 cm³/mol. The van der Waals surface area contributed by atoms with Gasteiger partial charge in [-0.25, -0.2) is 19.4 Å². The summed E-state index contributed by atoms with van der Waals surface area (Å²) >= 11 is 0. The fourth-order valence-corrected chi connectivity index (χ4v) is 5.23. The highest BCUT2D eigenvalue weighted by molar-refractivity contribution is 5.94. The molecular weight excluding hydrogens is 558 g/mol. The second-order valence-electron chi connectivity index (χ2n) is 11.8. The van der Waals surface area contributed by atoms with E-state index in [4.69, 9.17) is 9.47 Å². The van der Waals surface area contributed by atoms with Crippen molar-refractivity contribution < 1.29 is 19.1 Å². The summed E-state index contributed by atoms with van der Waals surface area (Å²) in [5.74, 6) is 1.65. The van der Waals surface area contributed by atoms with Gasteiger partial charge in [-0.2, -0.15) is 5.10 Å². The van der Waals surface area contributed by atoms with E-state index < -0.39 is 5.60 Å². The van der Waals surface area contributed by atoms with Crippen LogP contribution in [0, 0.1) is 0 Å². The van der Waals surface area contributed by atoms with Gasteiger partial charge in [0.15, 0.2) is 5.65 Å². The summed E-state index contributed by atoms with van der Waals surface area (Å²) in [6, 6.07) is 15.5. The molecule has 1 aliphatic rings. The van der Waals surface area contributed by atoms with Crippen LogP contribution in [-0.4, -0.2) is 86.5 Å². The first-order valence-electron chi connectivity index (χ1n) is 15.1. The summed E-state index contributed by atoms with van der Waals surface area (Å²) < 4.78 is 13.0. The molecule has 3 heterocycles. The molecule has 0 radical (unpaired) electrons. The molecule has 2 aromatic heterocycles. The van der Waals surface area contributed by atoms with Crippen molar-refractivity contribution >= 4 is 28.9 Å². The molecule has 11 heteroatoms. The molecular formula is C33H41N7O4. The molecule has 2 aromatic carbocycles. The highest BCUT2D eigenvalue weighted by Gasteiger charge is 2.25. The molecule has 1 aliphatic heterocycles. The molecule has 0 spiro atoms. The molecule has 0 saturated carbocycles. The monoisotopic (exact) mass is 599 g/mol. The third-order valence-electron chi connectivity index (χ3n) is 7.43. The molecule has 0 bridgehead atoms. The van der Waals surface area contributed by atoms with Gasteiger partial charge >= 0.3 is 6.09 Å². The maximum absolute atomic E-state index is 13.3. The molecule has 4 aromatic rings. The number of amides is 2. The van der Waals surface area contributed by atoms with Crippen LogP contribution in [0.25, 0.3) is 11.0 Å². The minimum atomic E-state index is -0.552. The third-order valence-corrected chi connectivity index (χ3v) is 7.43. The first-order chi connectivity index (χ1) is 21.1. The van der Waals surface area contributed by atoms with Crippen molar-refractivity contribution in [2.45, 2.75) is 53.3 Å². The van der Waals surface area contributed by atoms with Crippen molar-refractivity contribution in [2.75, 3.05) is 44.2 Å². The number of anilines is 1. The summed E-state index contributed by atoms with van der Waals surface area (Å²) in [5, 5.41) is 5.50. The van der Waals surface area contributed by atoms with E-state index in [0.29, 0.717) is 58.0 Å². The van der Waals surface area contributed by atoms with Gasteiger partial charge in [0.2, 0.25) is 0 Å². The molecule has 1 saturated heterocycles. The second-order valence-corrected chi connectivity index (χ2v) is 11.8. The van der Waals surface area contributed by atoms with E-state index in [0.717, 1.165) is 33.7 Å². The molecule has 0 aliphatic carbocycles. The van der Waals surface area contributed by atoms with E-state index >= 15 is 0 Å². The zero-order valence-corrected chi connectivity index (χ0v) is 26.2. The van der Waals surface area contributed by atoms with Crippen LogP contribution in [0.15, 0.2) is 61.1 Å². The van der Waals surface area contributed by atoms with Crippen molar-refractivity contribution in [2.24, 2.45) is 0 Å². The normalized spacial score (nSPS) is 13.7. The van der Waals surface area contributed by atoms with Gasteiger partial charge in [-0.3, -0.25) is 4.79 Å². The maximum atomic E-state index is 13.3. The quantitative estimate of drug-likeness (QED) is 0.265. The van der Waals surface area contributed by atoms with Gasteiger partial charge in [0, 0.05) is 44.8 Å². The lowest BCUT2D eigenvalue weighted by Crippen LogP contribution is -2.49. The van der Waals surface area contributed by atoms with Crippen LogP contribution in [-0.2, 0) is 17.8 Å². The van der Waals surface area contributed by atoms with E-state index in [-0.39, 0.29) is 12.0 Å². The minimum absolute atomic E-state index is 0.00868. The number of benzene rings is 2. The first kappa shape index (κ1) is 30.8. The van der Waals surface area contributed by atoms with Crippen LogP contribution in [0.3, 0.4) is 0 Å². The Kier molecular flexibility index (Phi) is 9.32. The lowest BCUT2D eigenvalue weighted by molar-refractivity contribution is 0.0244. The number of rotatable bonds is 9. The van der Waals surface area contributed by atoms with E-state index in [1.165, 1.54) is 0 Å². The molecule has 11 nitrogen and oxygen atoms in total. The summed E-state index contributed by atoms with van der Waals surface area (Å²) in [6.45, 7) is 14.0. The number of carbonyl (C=O) groups excluding carboxylic acids is 2. The van der Waals surface area contributed by atoms with Gasteiger partial charge in [-0.1, -0.05) is 24.3 Å². The summed E-state index contributed by atoms with van der Waals surface area (Å²) in [6.07, 6.45) is 3.05. The van der Waals surface area contributed by atoms with Crippen LogP contribution < -0.4 is 9.64 Å². The Morgan fingerprint density at radius 1 is 0.955 bits per heavy atom. The predicted octanol–water partition coefficient (Wildman–Crippen LogP) is 4.99. The van der Waals surface area contributed by atoms with Crippen molar-refractivity contribution in [3.8, 4) is 5.75 Å². The van der Waals surface area contributed by atoms with E-state index in [1.807, 2.05) is 98.9 Å².